The topological polar surface area (TPSA) is 30.7 Å². The summed E-state index contributed by atoms with van der Waals surface area (Å²) in [7, 11) is 0. The summed E-state index contributed by atoms with van der Waals surface area (Å²) in [6, 6.07) is 18.0. The van der Waals surface area contributed by atoms with Crippen molar-refractivity contribution >= 4 is 0 Å². The summed E-state index contributed by atoms with van der Waals surface area (Å²) in [5.41, 5.74) is 12.5. The number of aromatic nitrogens is 3. The normalized spacial score (nSPS) is 11.8. The third-order valence-corrected chi connectivity index (χ3v) is 7.75. The Labute approximate surface area is 217 Å². The van der Waals surface area contributed by atoms with Crippen LogP contribution in [0.5, 0.6) is 0 Å². The second-order valence-corrected chi connectivity index (χ2v) is 11.2. The largest absolute Gasteiger partial charge is 0.278 e. The molecular formula is C33H41N3. The number of hydrogen-bond donors (Lipinski definition) is 0. The van der Waals surface area contributed by atoms with Crippen LogP contribution in [0.1, 0.15) is 79.2 Å². The molecule has 0 aliphatic rings. The summed E-state index contributed by atoms with van der Waals surface area (Å²) in [4.78, 5) is 0. The molecule has 36 heavy (non-hydrogen) atoms. The molecule has 3 aromatic carbocycles. The van der Waals surface area contributed by atoms with Crippen LogP contribution in [0.4, 0.5) is 0 Å². The molecule has 1 aromatic heterocycles. The van der Waals surface area contributed by atoms with Gasteiger partial charge >= 0.3 is 0 Å². The fourth-order valence-corrected chi connectivity index (χ4v) is 5.19. The van der Waals surface area contributed by atoms with Gasteiger partial charge in [0, 0.05) is 11.0 Å². The van der Waals surface area contributed by atoms with Crippen LogP contribution in [0, 0.1) is 41.5 Å². The van der Waals surface area contributed by atoms with E-state index in [1.807, 2.05) is 0 Å². The molecule has 0 saturated carbocycles. The molecule has 3 heteroatoms. The lowest BCUT2D eigenvalue weighted by Crippen LogP contribution is -2.23. The second kappa shape index (κ2) is 10.0. The highest BCUT2D eigenvalue weighted by Crippen LogP contribution is 2.36. The predicted molar refractivity (Wildman–Crippen MR) is 153 cm³/mol. The lowest BCUT2D eigenvalue weighted by Gasteiger charge is -2.25. The fraction of sp³-hybridized carbons (Fsp3) is 0.394. The molecule has 188 valence electrons. The van der Waals surface area contributed by atoms with Crippen molar-refractivity contribution in [1.82, 2.24) is 14.8 Å². The van der Waals surface area contributed by atoms with Gasteiger partial charge in [-0.25, -0.2) is 0 Å². The van der Waals surface area contributed by atoms with Crippen LogP contribution in [0.15, 0.2) is 48.5 Å². The van der Waals surface area contributed by atoms with Crippen molar-refractivity contribution in [2.45, 2.75) is 87.0 Å². The molecule has 0 atom stereocenters. The summed E-state index contributed by atoms with van der Waals surface area (Å²) in [6.45, 7) is 20.0. The van der Waals surface area contributed by atoms with E-state index in [9.17, 15) is 0 Å². The Morgan fingerprint density at radius 3 is 2.06 bits per heavy atom. The Kier molecular flexibility index (Phi) is 7.22. The first-order chi connectivity index (χ1) is 17.0. The number of nitrogens with zero attached hydrogens (tertiary/aromatic N) is 3. The van der Waals surface area contributed by atoms with Crippen LogP contribution in [-0.2, 0) is 5.41 Å². The summed E-state index contributed by atoms with van der Waals surface area (Å²) in [6.07, 6.45) is 3.42. The highest BCUT2D eigenvalue weighted by atomic mass is 15.3. The van der Waals surface area contributed by atoms with Gasteiger partial charge in [0.15, 0.2) is 5.82 Å². The molecule has 4 rings (SSSR count). The number of benzene rings is 3. The molecule has 0 spiro atoms. The highest BCUT2D eigenvalue weighted by molar-refractivity contribution is 5.75. The molecule has 0 saturated heterocycles. The van der Waals surface area contributed by atoms with Gasteiger partial charge in [-0.15, -0.1) is 10.2 Å². The Hall–Kier alpha value is -3.20. The predicted octanol–water partition coefficient (Wildman–Crippen LogP) is 8.92. The van der Waals surface area contributed by atoms with E-state index in [4.69, 9.17) is 10.2 Å². The van der Waals surface area contributed by atoms with E-state index < -0.39 is 0 Å². The average Bonchev–Trinajstić information content (AvgIpc) is 3.27. The number of hydrogen-bond acceptors (Lipinski definition) is 2. The Bertz CT molecular complexity index is 1380. The molecule has 0 N–H and O–H groups in total. The molecule has 0 unspecified atom stereocenters. The molecule has 0 aliphatic heterocycles. The van der Waals surface area contributed by atoms with Gasteiger partial charge in [-0.2, -0.15) is 0 Å². The maximum Gasteiger partial charge on any atom is 0.168 e. The van der Waals surface area contributed by atoms with Crippen LogP contribution in [0.3, 0.4) is 0 Å². The van der Waals surface area contributed by atoms with Crippen molar-refractivity contribution in [3.8, 4) is 28.2 Å². The average molecular weight is 480 g/mol. The van der Waals surface area contributed by atoms with Crippen LogP contribution in [0.2, 0.25) is 0 Å². The summed E-state index contributed by atoms with van der Waals surface area (Å²) >= 11 is 0. The van der Waals surface area contributed by atoms with Gasteiger partial charge in [-0.3, -0.25) is 4.57 Å². The SMILES string of the molecule is CCCCC(C)(C)c1nnc(-c2ccc(C)c(-c3cc(C)c(C)c(C)c3)c2)n1-c1ccc(C)cc1C. The van der Waals surface area contributed by atoms with E-state index >= 15 is 0 Å². The molecule has 0 bridgehead atoms. The molecule has 0 aliphatic carbocycles. The van der Waals surface area contributed by atoms with E-state index in [1.165, 1.54) is 57.3 Å². The standard InChI is InChI=1S/C33H41N3/c1-10-11-16-33(8,9)32-35-34-31(36(32)30-15-12-21(2)17-25(30)6)27-14-13-22(3)29(20-27)28-18-23(4)26(7)24(5)19-28/h12-15,17-20H,10-11,16H2,1-9H3. The van der Waals surface area contributed by atoms with E-state index in [0.717, 1.165) is 29.3 Å². The van der Waals surface area contributed by atoms with Gasteiger partial charge in [0.05, 0.1) is 5.69 Å². The van der Waals surface area contributed by atoms with Gasteiger partial charge in [0.25, 0.3) is 0 Å². The van der Waals surface area contributed by atoms with Gasteiger partial charge < -0.3 is 0 Å². The monoisotopic (exact) mass is 479 g/mol. The van der Waals surface area contributed by atoms with E-state index in [2.05, 4.69) is 115 Å². The van der Waals surface area contributed by atoms with Crippen molar-refractivity contribution in [2.24, 2.45) is 0 Å². The van der Waals surface area contributed by atoms with Crippen molar-refractivity contribution in [1.29, 1.82) is 0 Å². The lowest BCUT2D eigenvalue weighted by atomic mass is 9.86. The quantitative estimate of drug-likeness (QED) is 0.265. The number of aryl methyl sites for hydroxylation is 5. The minimum absolute atomic E-state index is 0.0860. The Morgan fingerprint density at radius 2 is 1.42 bits per heavy atom. The van der Waals surface area contributed by atoms with Gasteiger partial charge in [0.1, 0.15) is 5.82 Å². The minimum Gasteiger partial charge on any atom is -0.278 e. The molecule has 1 heterocycles. The Balaban J connectivity index is 1.94. The van der Waals surface area contributed by atoms with Gasteiger partial charge in [-0.1, -0.05) is 75.6 Å². The van der Waals surface area contributed by atoms with Crippen molar-refractivity contribution < 1.29 is 0 Å². The maximum atomic E-state index is 4.83. The van der Waals surface area contributed by atoms with E-state index in [1.54, 1.807) is 0 Å². The van der Waals surface area contributed by atoms with Crippen LogP contribution < -0.4 is 0 Å². The van der Waals surface area contributed by atoms with Crippen LogP contribution in [0.25, 0.3) is 28.2 Å². The van der Waals surface area contributed by atoms with Crippen LogP contribution >= 0.6 is 0 Å². The Morgan fingerprint density at radius 1 is 0.722 bits per heavy atom. The summed E-state index contributed by atoms with van der Waals surface area (Å²) in [5, 5.41) is 9.66. The van der Waals surface area contributed by atoms with Crippen LogP contribution in [-0.4, -0.2) is 14.8 Å². The smallest absolute Gasteiger partial charge is 0.168 e. The molecule has 0 fully saturated rings. The van der Waals surface area contributed by atoms with Gasteiger partial charge in [-0.05, 0) is 99.0 Å². The minimum atomic E-state index is -0.0860. The zero-order valence-corrected chi connectivity index (χ0v) is 23.6. The maximum absolute atomic E-state index is 4.83. The molecular weight excluding hydrogens is 438 g/mol. The van der Waals surface area contributed by atoms with Crippen molar-refractivity contribution in [3.05, 3.63) is 87.7 Å². The molecule has 0 amide bonds. The molecule has 0 radical (unpaired) electrons. The third kappa shape index (κ3) is 4.89. The van der Waals surface area contributed by atoms with Gasteiger partial charge in [0.2, 0.25) is 0 Å². The zero-order chi connectivity index (χ0) is 26.2. The zero-order valence-electron chi connectivity index (χ0n) is 23.6. The third-order valence-electron chi connectivity index (χ3n) is 7.75. The highest BCUT2D eigenvalue weighted by Gasteiger charge is 2.30. The van der Waals surface area contributed by atoms with E-state index in [0.29, 0.717) is 0 Å². The molecule has 4 aromatic rings. The van der Waals surface area contributed by atoms with Crippen molar-refractivity contribution in [2.75, 3.05) is 0 Å². The van der Waals surface area contributed by atoms with E-state index in [-0.39, 0.29) is 5.41 Å². The first-order valence-electron chi connectivity index (χ1n) is 13.3. The summed E-state index contributed by atoms with van der Waals surface area (Å²) < 4.78 is 2.31. The second-order valence-electron chi connectivity index (χ2n) is 11.2. The number of unbranched alkanes of at least 4 members (excludes halogenated alkanes) is 1. The first-order valence-corrected chi connectivity index (χ1v) is 13.3. The fourth-order valence-electron chi connectivity index (χ4n) is 5.19. The first kappa shape index (κ1) is 25.9. The molecule has 3 nitrogen and oxygen atoms in total. The number of rotatable bonds is 7. The van der Waals surface area contributed by atoms with Crippen molar-refractivity contribution in [3.63, 3.8) is 0 Å². The summed E-state index contributed by atoms with van der Waals surface area (Å²) in [5.74, 6) is 1.94. The lowest BCUT2D eigenvalue weighted by molar-refractivity contribution is 0.425.